The van der Waals surface area contributed by atoms with Crippen LogP contribution in [0.15, 0.2) is 30.3 Å². The Kier molecular flexibility index (Phi) is 6.76. The first kappa shape index (κ1) is 23.3. The van der Waals surface area contributed by atoms with Gasteiger partial charge in [-0.3, -0.25) is 14.5 Å². The van der Waals surface area contributed by atoms with Gasteiger partial charge in [0.15, 0.2) is 0 Å². The van der Waals surface area contributed by atoms with Crippen molar-refractivity contribution in [3.8, 4) is 0 Å². The highest BCUT2D eigenvalue weighted by Crippen LogP contribution is 2.30. The van der Waals surface area contributed by atoms with E-state index in [0.29, 0.717) is 45.5 Å². The van der Waals surface area contributed by atoms with Crippen LogP contribution in [-0.2, 0) is 25.8 Å². The molecule has 3 heterocycles. The van der Waals surface area contributed by atoms with Gasteiger partial charge in [0.25, 0.3) is 5.91 Å². The quantitative estimate of drug-likeness (QED) is 0.655. The van der Waals surface area contributed by atoms with Crippen LogP contribution in [-0.4, -0.2) is 76.3 Å². The van der Waals surface area contributed by atoms with Gasteiger partial charge in [-0.15, -0.1) is 0 Å². The third kappa shape index (κ3) is 5.56. The van der Waals surface area contributed by atoms with E-state index in [2.05, 4.69) is 5.48 Å². The molecule has 10 heteroatoms. The number of hydroxylamine groups is 3. The summed E-state index contributed by atoms with van der Waals surface area (Å²) in [6.45, 7) is 7.03. The summed E-state index contributed by atoms with van der Waals surface area (Å²) < 4.78 is 5.38. The Morgan fingerprint density at radius 3 is 2.58 bits per heavy atom. The molecule has 33 heavy (non-hydrogen) atoms. The lowest BCUT2D eigenvalue weighted by molar-refractivity contribution is -0.143. The minimum atomic E-state index is -0.609. The Labute approximate surface area is 193 Å². The molecule has 1 aromatic carbocycles. The zero-order valence-electron chi connectivity index (χ0n) is 19.4. The summed E-state index contributed by atoms with van der Waals surface area (Å²) in [6.07, 6.45) is 1.08. The molecule has 3 saturated heterocycles. The first-order valence-electron chi connectivity index (χ1n) is 11.4. The molecule has 0 saturated carbocycles. The van der Waals surface area contributed by atoms with Crippen LogP contribution in [0.1, 0.15) is 45.6 Å². The normalized spacial score (nSPS) is 24.9. The van der Waals surface area contributed by atoms with E-state index in [1.165, 1.54) is 5.06 Å². The molecule has 10 nitrogen and oxygen atoms in total. The monoisotopic (exact) mass is 460 g/mol. The molecule has 4 amide bonds. The third-order valence-electron chi connectivity index (χ3n) is 5.96. The van der Waals surface area contributed by atoms with Crippen LogP contribution < -0.4 is 5.48 Å². The SMILES string of the molecule is CC(C)(C)OC(=O)N1CCC(ONC(=O)C2CCC3CN2C(=O)N3OCc2ccccc2)C1. The lowest BCUT2D eigenvalue weighted by Crippen LogP contribution is -2.50. The maximum Gasteiger partial charge on any atom is 0.410 e. The van der Waals surface area contributed by atoms with E-state index in [1.54, 1.807) is 9.80 Å². The van der Waals surface area contributed by atoms with Crippen LogP contribution in [0.5, 0.6) is 0 Å². The number of hydrogen-bond acceptors (Lipinski definition) is 6. The standard InChI is InChI=1S/C23H32N4O6/c1-23(2,3)32-22(30)25-12-11-18(14-25)33-24-20(28)19-10-9-17-13-26(19)21(29)27(17)31-15-16-7-5-4-6-8-16/h4-8,17-19H,9-15H2,1-3H3,(H,24,28). The Morgan fingerprint density at radius 2 is 1.85 bits per heavy atom. The predicted molar refractivity (Wildman–Crippen MR) is 117 cm³/mol. The molecule has 3 aliphatic heterocycles. The number of hydrogen-bond donors (Lipinski definition) is 1. The number of benzene rings is 1. The van der Waals surface area contributed by atoms with Crippen LogP contribution in [0.4, 0.5) is 9.59 Å². The summed E-state index contributed by atoms with van der Waals surface area (Å²) in [5.41, 5.74) is 2.92. The molecule has 0 spiro atoms. The number of piperidine rings is 1. The van der Waals surface area contributed by atoms with Crippen molar-refractivity contribution in [1.29, 1.82) is 0 Å². The molecule has 3 atom stereocenters. The number of carbonyl (C=O) groups is 3. The highest BCUT2D eigenvalue weighted by Gasteiger charge is 2.48. The fraction of sp³-hybridized carbons (Fsp3) is 0.609. The number of urea groups is 1. The summed E-state index contributed by atoms with van der Waals surface area (Å²) in [5, 5.41) is 1.40. The van der Waals surface area contributed by atoms with Gasteiger partial charge in [0.2, 0.25) is 0 Å². The van der Waals surface area contributed by atoms with E-state index >= 15 is 0 Å². The Bertz CT molecular complexity index is 873. The number of rotatable bonds is 6. The average Bonchev–Trinajstić information content (AvgIpc) is 3.34. The number of amides is 4. The van der Waals surface area contributed by atoms with Crippen LogP contribution in [0, 0.1) is 0 Å². The van der Waals surface area contributed by atoms with Crippen molar-refractivity contribution in [2.24, 2.45) is 0 Å². The second-order valence-electron chi connectivity index (χ2n) is 9.69. The first-order valence-corrected chi connectivity index (χ1v) is 11.4. The highest BCUT2D eigenvalue weighted by atomic mass is 16.7. The van der Waals surface area contributed by atoms with Crippen molar-refractivity contribution >= 4 is 18.0 Å². The summed E-state index contributed by atoms with van der Waals surface area (Å²) in [5.74, 6) is -0.359. The molecule has 0 radical (unpaired) electrons. The lowest BCUT2D eigenvalue weighted by Gasteiger charge is -2.29. The van der Waals surface area contributed by atoms with Gasteiger partial charge >= 0.3 is 12.1 Å². The molecule has 2 bridgehead atoms. The molecule has 180 valence electrons. The zero-order chi connectivity index (χ0) is 23.6. The highest BCUT2D eigenvalue weighted by molar-refractivity contribution is 5.88. The molecule has 4 rings (SSSR count). The van der Waals surface area contributed by atoms with Gasteiger partial charge in [-0.25, -0.2) is 15.1 Å². The largest absolute Gasteiger partial charge is 0.444 e. The molecule has 3 fully saturated rings. The van der Waals surface area contributed by atoms with Gasteiger partial charge in [0.1, 0.15) is 24.4 Å². The fourth-order valence-corrected chi connectivity index (χ4v) is 4.31. The number of nitrogens with zero attached hydrogens (tertiary/aromatic N) is 3. The number of ether oxygens (including phenoxy) is 1. The summed E-state index contributed by atoms with van der Waals surface area (Å²) >= 11 is 0. The van der Waals surface area contributed by atoms with E-state index in [9.17, 15) is 14.4 Å². The van der Waals surface area contributed by atoms with Crippen LogP contribution in [0.2, 0.25) is 0 Å². The summed E-state index contributed by atoms with van der Waals surface area (Å²) in [6, 6.07) is 8.67. The maximum absolute atomic E-state index is 12.9. The van der Waals surface area contributed by atoms with E-state index in [1.807, 2.05) is 51.1 Å². The molecule has 1 aromatic rings. The Balaban J connectivity index is 1.24. The van der Waals surface area contributed by atoms with Crippen molar-refractivity contribution in [2.75, 3.05) is 19.6 Å². The molecule has 3 aliphatic rings. The Hall–Kier alpha value is -2.85. The van der Waals surface area contributed by atoms with Gasteiger partial charge in [0.05, 0.1) is 12.6 Å². The van der Waals surface area contributed by atoms with E-state index in [-0.39, 0.29) is 24.1 Å². The van der Waals surface area contributed by atoms with Crippen LogP contribution in [0.25, 0.3) is 0 Å². The number of fused-ring (bicyclic) bond motifs is 2. The number of likely N-dealkylation sites (tertiary alicyclic amines) is 1. The zero-order valence-corrected chi connectivity index (χ0v) is 19.4. The fourth-order valence-electron chi connectivity index (χ4n) is 4.31. The van der Waals surface area contributed by atoms with Crippen LogP contribution in [0.3, 0.4) is 0 Å². The minimum absolute atomic E-state index is 0.0663. The molecule has 1 N–H and O–H groups in total. The average molecular weight is 461 g/mol. The second-order valence-corrected chi connectivity index (χ2v) is 9.69. The minimum Gasteiger partial charge on any atom is -0.444 e. The predicted octanol–water partition coefficient (Wildman–Crippen LogP) is 2.44. The maximum atomic E-state index is 12.9. The number of nitrogens with one attached hydrogen (secondary N) is 1. The Morgan fingerprint density at radius 1 is 1.09 bits per heavy atom. The second kappa shape index (κ2) is 9.56. The van der Waals surface area contributed by atoms with Crippen molar-refractivity contribution < 1.29 is 28.8 Å². The third-order valence-corrected chi connectivity index (χ3v) is 5.96. The van der Waals surface area contributed by atoms with Crippen molar-refractivity contribution in [1.82, 2.24) is 20.3 Å². The molecular weight excluding hydrogens is 428 g/mol. The van der Waals surface area contributed by atoms with Gasteiger partial charge in [0, 0.05) is 13.1 Å². The van der Waals surface area contributed by atoms with Crippen molar-refractivity contribution in [2.45, 2.75) is 70.4 Å². The topological polar surface area (TPSA) is 101 Å². The summed E-state index contributed by atoms with van der Waals surface area (Å²) in [4.78, 5) is 52.3. The van der Waals surface area contributed by atoms with E-state index in [4.69, 9.17) is 14.4 Å². The summed E-state index contributed by atoms with van der Waals surface area (Å²) in [7, 11) is 0. The van der Waals surface area contributed by atoms with Crippen molar-refractivity contribution in [3.63, 3.8) is 0 Å². The van der Waals surface area contributed by atoms with Gasteiger partial charge < -0.3 is 14.5 Å². The van der Waals surface area contributed by atoms with Crippen molar-refractivity contribution in [3.05, 3.63) is 35.9 Å². The molecule has 0 aromatic heterocycles. The molecule has 3 unspecified atom stereocenters. The van der Waals surface area contributed by atoms with E-state index < -0.39 is 17.7 Å². The lowest BCUT2D eigenvalue weighted by atomic mass is 10.0. The molecular formula is C23H32N4O6. The van der Waals surface area contributed by atoms with E-state index in [0.717, 1.165) is 5.56 Å². The molecule has 0 aliphatic carbocycles. The number of carbonyl (C=O) groups excluding carboxylic acids is 3. The van der Waals surface area contributed by atoms with Gasteiger partial charge in [-0.1, -0.05) is 30.3 Å². The van der Waals surface area contributed by atoms with Gasteiger partial charge in [-0.2, -0.15) is 5.06 Å². The van der Waals surface area contributed by atoms with Gasteiger partial charge in [-0.05, 0) is 45.6 Å². The first-order chi connectivity index (χ1) is 15.7. The van der Waals surface area contributed by atoms with Crippen LogP contribution >= 0.6 is 0 Å². The smallest absolute Gasteiger partial charge is 0.410 e.